The molecule has 1 aliphatic heterocycles. The quantitative estimate of drug-likeness (QED) is 0.609. The molecule has 2 N–H and O–H groups in total. The molecule has 0 saturated carbocycles. The maximum Gasteiger partial charge on any atom is 0.240 e. The van der Waals surface area contributed by atoms with Gasteiger partial charge in [-0.3, -0.25) is 9.78 Å². The molecule has 0 spiro atoms. The zero-order valence-electron chi connectivity index (χ0n) is 17.1. The Morgan fingerprint density at radius 1 is 1.10 bits per heavy atom. The fourth-order valence-corrected chi connectivity index (χ4v) is 4.38. The monoisotopic (exact) mass is 441 g/mol. The van der Waals surface area contributed by atoms with Gasteiger partial charge in [0.25, 0.3) is 0 Å². The van der Waals surface area contributed by atoms with Crippen LogP contribution >= 0.6 is 0 Å². The van der Waals surface area contributed by atoms with E-state index in [1.54, 1.807) is 18.3 Å². The number of hydrogen-bond donors (Lipinski definition) is 2. The highest BCUT2D eigenvalue weighted by molar-refractivity contribution is 7.89. The summed E-state index contributed by atoms with van der Waals surface area (Å²) in [7, 11) is -3.79. The summed E-state index contributed by atoms with van der Waals surface area (Å²) < 4.78 is 38.8. The maximum atomic E-state index is 12.6. The summed E-state index contributed by atoms with van der Waals surface area (Å²) in [5.41, 5.74) is 2.47. The van der Waals surface area contributed by atoms with E-state index in [1.807, 2.05) is 25.1 Å². The predicted octanol–water partition coefficient (Wildman–Crippen LogP) is 3.01. The summed E-state index contributed by atoms with van der Waals surface area (Å²) in [6, 6.07) is 11.9. The Labute approximate surface area is 180 Å². The van der Waals surface area contributed by atoms with E-state index in [4.69, 9.17) is 9.47 Å². The van der Waals surface area contributed by atoms with E-state index in [2.05, 4.69) is 15.0 Å². The van der Waals surface area contributed by atoms with Crippen LogP contribution in [0.3, 0.4) is 0 Å². The van der Waals surface area contributed by atoms with Gasteiger partial charge < -0.3 is 14.8 Å². The molecule has 4 rings (SSSR count). The third-order valence-corrected chi connectivity index (χ3v) is 6.38. The number of aryl methyl sites for hydroxylation is 1. The van der Waals surface area contributed by atoms with Gasteiger partial charge in [0, 0.05) is 37.0 Å². The first-order chi connectivity index (χ1) is 14.9. The van der Waals surface area contributed by atoms with Gasteiger partial charge >= 0.3 is 0 Å². The second-order valence-electron chi connectivity index (χ2n) is 7.18. The van der Waals surface area contributed by atoms with Gasteiger partial charge in [0.05, 0.1) is 29.3 Å². The van der Waals surface area contributed by atoms with Crippen LogP contribution in [-0.4, -0.2) is 39.1 Å². The topological polar surface area (TPSA) is 107 Å². The highest BCUT2D eigenvalue weighted by Gasteiger charge is 2.19. The summed E-state index contributed by atoms with van der Waals surface area (Å²) in [5.74, 6) is 0.629. The number of amides is 1. The number of nitrogens with zero attached hydrogens (tertiary/aromatic N) is 1. The van der Waals surface area contributed by atoms with Crippen LogP contribution in [0.5, 0.6) is 11.5 Å². The molecule has 0 radical (unpaired) electrons. The van der Waals surface area contributed by atoms with E-state index in [0.717, 1.165) is 22.9 Å². The van der Waals surface area contributed by atoms with Crippen LogP contribution in [0.15, 0.2) is 53.6 Å². The van der Waals surface area contributed by atoms with E-state index in [1.165, 1.54) is 12.1 Å². The van der Waals surface area contributed by atoms with E-state index in [0.29, 0.717) is 30.4 Å². The normalized spacial score (nSPS) is 13.6. The van der Waals surface area contributed by atoms with E-state index < -0.39 is 10.0 Å². The van der Waals surface area contributed by atoms with Crippen LogP contribution in [0.1, 0.15) is 18.4 Å². The number of nitrogens with one attached hydrogen (secondary N) is 2. The average molecular weight is 442 g/mol. The molecule has 2 aromatic carbocycles. The second kappa shape index (κ2) is 8.91. The molecular weight excluding hydrogens is 418 g/mol. The number of sulfonamides is 1. The van der Waals surface area contributed by atoms with Gasteiger partial charge in [-0.15, -0.1) is 0 Å². The van der Waals surface area contributed by atoms with Crippen molar-refractivity contribution in [1.82, 2.24) is 9.71 Å². The lowest BCUT2D eigenvalue weighted by atomic mass is 10.1. The van der Waals surface area contributed by atoms with Gasteiger partial charge in [-0.2, -0.15) is 0 Å². The standard InChI is InChI=1S/C22H23N3O5S/c1-15-5-7-18(17-4-2-10-23-22(15)17)25-21(26)9-11-24-31(27,28)16-6-8-19-20(14-16)30-13-3-12-29-19/h2,4-8,10,14,24H,3,9,11-13H2,1H3,(H,25,26). The highest BCUT2D eigenvalue weighted by Crippen LogP contribution is 2.31. The van der Waals surface area contributed by atoms with Crippen molar-refractivity contribution in [3.63, 3.8) is 0 Å². The van der Waals surface area contributed by atoms with Gasteiger partial charge in [-0.1, -0.05) is 6.07 Å². The number of ether oxygens (including phenoxy) is 2. The molecule has 1 aliphatic rings. The SMILES string of the molecule is Cc1ccc(NC(=O)CCNS(=O)(=O)c2ccc3c(c2)OCCCO3)c2cccnc12. The number of anilines is 1. The van der Waals surface area contributed by atoms with Crippen molar-refractivity contribution in [3.8, 4) is 11.5 Å². The molecule has 31 heavy (non-hydrogen) atoms. The fraction of sp³-hybridized carbons (Fsp3) is 0.273. The van der Waals surface area contributed by atoms with Gasteiger partial charge in [-0.05, 0) is 42.8 Å². The molecular formula is C22H23N3O5S. The lowest BCUT2D eigenvalue weighted by Gasteiger charge is -2.12. The minimum absolute atomic E-state index is 0.0145. The molecule has 0 atom stereocenters. The number of pyridine rings is 1. The van der Waals surface area contributed by atoms with Gasteiger partial charge in [0.15, 0.2) is 11.5 Å². The Morgan fingerprint density at radius 2 is 1.90 bits per heavy atom. The molecule has 2 heterocycles. The van der Waals surface area contributed by atoms with Crippen molar-refractivity contribution < 1.29 is 22.7 Å². The number of hydrogen-bond acceptors (Lipinski definition) is 6. The first kappa shape index (κ1) is 21.1. The van der Waals surface area contributed by atoms with Gasteiger partial charge in [0.1, 0.15) is 0 Å². The van der Waals surface area contributed by atoms with Crippen LogP contribution in [0, 0.1) is 6.92 Å². The number of benzene rings is 2. The molecule has 0 bridgehead atoms. The largest absolute Gasteiger partial charge is 0.490 e. The Hall–Kier alpha value is -3.17. The van der Waals surface area contributed by atoms with Crippen molar-refractivity contribution in [1.29, 1.82) is 0 Å². The molecule has 8 nitrogen and oxygen atoms in total. The molecule has 0 aliphatic carbocycles. The third kappa shape index (κ3) is 4.78. The molecule has 1 amide bonds. The number of fused-ring (bicyclic) bond motifs is 2. The molecule has 0 saturated heterocycles. The zero-order chi connectivity index (χ0) is 21.8. The van der Waals surface area contributed by atoms with E-state index >= 15 is 0 Å². The molecule has 162 valence electrons. The van der Waals surface area contributed by atoms with Crippen molar-refractivity contribution >= 4 is 32.5 Å². The lowest BCUT2D eigenvalue weighted by molar-refractivity contribution is -0.116. The predicted molar refractivity (Wildman–Crippen MR) is 117 cm³/mol. The Balaban J connectivity index is 1.38. The van der Waals surface area contributed by atoms with Crippen molar-refractivity contribution in [2.45, 2.75) is 24.7 Å². The van der Waals surface area contributed by atoms with Crippen molar-refractivity contribution in [2.75, 3.05) is 25.1 Å². The van der Waals surface area contributed by atoms with Gasteiger partial charge in [-0.25, -0.2) is 13.1 Å². The summed E-state index contributed by atoms with van der Waals surface area (Å²) in [6.07, 6.45) is 2.42. The van der Waals surface area contributed by atoms with Crippen LogP contribution in [-0.2, 0) is 14.8 Å². The van der Waals surface area contributed by atoms with E-state index in [9.17, 15) is 13.2 Å². The van der Waals surface area contributed by atoms with Gasteiger partial charge in [0.2, 0.25) is 15.9 Å². The summed E-state index contributed by atoms with van der Waals surface area (Å²) >= 11 is 0. The summed E-state index contributed by atoms with van der Waals surface area (Å²) in [5, 5.41) is 3.67. The van der Waals surface area contributed by atoms with Crippen LogP contribution < -0.4 is 19.5 Å². The average Bonchev–Trinajstić information content (AvgIpc) is 3.01. The molecule has 0 unspecified atom stereocenters. The molecule has 9 heteroatoms. The first-order valence-corrected chi connectivity index (χ1v) is 11.5. The van der Waals surface area contributed by atoms with Crippen molar-refractivity contribution in [2.24, 2.45) is 0 Å². The maximum absolute atomic E-state index is 12.6. The van der Waals surface area contributed by atoms with Crippen LogP contribution in [0.4, 0.5) is 5.69 Å². The summed E-state index contributed by atoms with van der Waals surface area (Å²) in [4.78, 5) is 16.8. The number of carbonyl (C=O) groups excluding carboxylic acids is 1. The minimum atomic E-state index is -3.79. The fourth-order valence-electron chi connectivity index (χ4n) is 3.33. The van der Waals surface area contributed by atoms with Crippen LogP contribution in [0.25, 0.3) is 10.9 Å². The number of aromatic nitrogens is 1. The molecule has 0 fully saturated rings. The Bertz CT molecular complexity index is 1230. The van der Waals surface area contributed by atoms with E-state index in [-0.39, 0.29) is 23.8 Å². The zero-order valence-corrected chi connectivity index (χ0v) is 17.9. The Morgan fingerprint density at radius 3 is 2.74 bits per heavy atom. The Kier molecular flexibility index (Phi) is 6.06. The van der Waals surface area contributed by atoms with Crippen LogP contribution in [0.2, 0.25) is 0 Å². The smallest absolute Gasteiger partial charge is 0.240 e. The second-order valence-corrected chi connectivity index (χ2v) is 8.95. The third-order valence-electron chi connectivity index (χ3n) is 4.92. The first-order valence-electron chi connectivity index (χ1n) is 9.97. The highest BCUT2D eigenvalue weighted by atomic mass is 32.2. The summed E-state index contributed by atoms with van der Waals surface area (Å²) in [6.45, 7) is 2.91. The minimum Gasteiger partial charge on any atom is -0.490 e. The van der Waals surface area contributed by atoms with Crippen molar-refractivity contribution in [3.05, 3.63) is 54.2 Å². The number of rotatable bonds is 6. The molecule has 1 aromatic heterocycles. The number of carbonyl (C=O) groups is 1. The molecule has 3 aromatic rings. The lowest BCUT2D eigenvalue weighted by Crippen LogP contribution is -2.28.